The fourth-order valence-corrected chi connectivity index (χ4v) is 3.14. The molecular formula is C21H27N5O3. The standard InChI is InChI=1S/C21H27N5O3/c1-4-25(11-9-18-15-20(27)24(3)21(28)23(18)2)13-14-29-19-7-5-17(6-8-19)26-12-10-22-16-26/h5-8,10,12,15-16H,4,9,11,13-14H2,1-3H3. The molecule has 29 heavy (non-hydrogen) atoms. The van der Waals surface area contributed by atoms with Crippen LogP contribution in [0.5, 0.6) is 5.75 Å². The van der Waals surface area contributed by atoms with E-state index in [0.29, 0.717) is 13.0 Å². The quantitative estimate of drug-likeness (QED) is 0.543. The summed E-state index contributed by atoms with van der Waals surface area (Å²) in [6, 6.07) is 9.41. The van der Waals surface area contributed by atoms with Crippen LogP contribution in [0.4, 0.5) is 0 Å². The molecule has 0 bridgehead atoms. The van der Waals surface area contributed by atoms with Crippen LogP contribution < -0.4 is 16.0 Å². The van der Waals surface area contributed by atoms with E-state index in [1.807, 2.05) is 35.0 Å². The lowest BCUT2D eigenvalue weighted by Gasteiger charge is -2.21. The van der Waals surface area contributed by atoms with Crippen molar-refractivity contribution in [1.82, 2.24) is 23.6 Å². The molecule has 0 aliphatic carbocycles. The van der Waals surface area contributed by atoms with Crippen molar-refractivity contribution in [2.75, 3.05) is 26.2 Å². The minimum absolute atomic E-state index is 0.270. The van der Waals surface area contributed by atoms with Crippen molar-refractivity contribution in [3.05, 3.63) is 75.6 Å². The summed E-state index contributed by atoms with van der Waals surface area (Å²) >= 11 is 0. The fraction of sp³-hybridized carbons (Fsp3) is 0.381. The molecular weight excluding hydrogens is 370 g/mol. The normalized spacial score (nSPS) is 11.2. The zero-order chi connectivity index (χ0) is 20.8. The minimum atomic E-state index is -0.293. The molecule has 1 aromatic carbocycles. The maximum absolute atomic E-state index is 12.0. The summed E-state index contributed by atoms with van der Waals surface area (Å²) in [5, 5.41) is 0. The minimum Gasteiger partial charge on any atom is -0.492 e. The summed E-state index contributed by atoms with van der Waals surface area (Å²) < 4.78 is 10.5. The van der Waals surface area contributed by atoms with E-state index in [1.165, 1.54) is 17.7 Å². The highest BCUT2D eigenvalue weighted by molar-refractivity contribution is 5.37. The zero-order valence-corrected chi connectivity index (χ0v) is 17.1. The number of nitrogens with zero attached hydrogens (tertiary/aromatic N) is 5. The van der Waals surface area contributed by atoms with E-state index in [1.54, 1.807) is 19.6 Å². The van der Waals surface area contributed by atoms with Crippen LogP contribution >= 0.6 is 0 Å². The average Bonchev–Trinajstić information content (AvgIpc) is 3.27. The lowest BCUT2D eigenvalue weighted by atomic mass is 10.2. The second-order valence-electron chi connectivity index (χ2n) is 6.87. The monoisotopic (exact) mass is 397 g/mol. The Bertz CT molecular complexity index is 1040. The molecule has 0 unspecified atom stereocenters. The largest absolute Gasteiger partial charge is 0.492 e. The number of ether oxygens (including phenoxy) is 1. The van der Waals surface area contributed by atoms with E-state index in [2.05, 4.69) is 16.8 Å². The van der Waals surface area contributed by atoms with Crippen molar-refractivity contribution in [3.63, 3.8) is 0 Å². The predicted octanol–water partition coefficient (Wildman–Crippen LogP) is 1.21. The number of benzene rings is 1. The smallest absolute Gasteiger partial charge is 0.330 e. The first-order chi connectivity index (χ1) is 14.0. The van der Waals surface area contributed by atoms with E-state index in [4.69, 9.17) is 4.74 Å². The van der Waals surface area contributed by atoms with Crippen LogP contribution in [0.15, 0.2) is 58.6 Å². The van der Waals surface area contributed by atoms with E-state index in [0.717, 1.165) is 41.3 Å². The van der Waals surface area contributed by atoms with Gasteiger partial charge in [0.1, 0.15) is 12.4 Å². The molecule has 0 aliphatic rings. The van der Waals surface area contributed by atoms with Crippen molar-refractivity contribution in [3.8, 4) is 11.4 Å². The molecule has 0 saturated carbocycles. The number of aromatic nitrogens is 4. The Balaban J connectivity index is 1.51. The van der Waals surface area contributed by atoms with Gasteiger partial charge in [-0.15, -0.1) is 0 Å². The van der Waals surface area contributed by atoms with Gasteiger partial charge in [-0.1, -0.05) is 6.92 Å². The molecule has 3 rings (SSSR count). The van der Waals surface area contributed by atoms with Gasteiger partial charge < -0.3 is 13.9 Å². The Hall–Kier alpha value is -3.13. The van der Waals surface area contributed by atoms with Gasteiger partial charge in [0.2, 0.25) is 0 Å². The first-order valence-corrected chi connectivity index (χ1v) is 9.69. The first kappa shape index (κ1) is 20.6. The summed E-state index contributed by atoms with van der Waals surface area (Å²) in [6.07, 6.45) is 6.03. The Morgan fingerprint density at radius 2 is 1.83 bits per heavy atom. The number of hydrogen-bond donors (Lipinski definition) is 0. The topological polar surface area (TPSA) is 74.3 Å². The third-order valence-electron chi connectivity index (χ3n) is 5.07. The van der Waals surface area contributed by atoms with Crippen molar-refractivity contribution in [1.29, 1.82) is 0 Å². The molecule has 0 aliphatic heterocycles. The highest BCUT2D eigenvalue weighted by atomic mass is 16.5. The molecule has 8 heteroatoms. The number of rotatable bonds is 9. The first-order valence-electron chi connectivity index (χ1n) is 9.69. The fourth-order valence-electron chi connectivity index (χ4n) is 3.14. The summed E-state index contributed by atoms with van der Waals surface area (Å²) in [7, 11) is 3.19. The SMILES string of the molecule is CCN(CCOc1ccc(-n2ccnc2)cc1)CCc1cc(=O)n(C)c(=O)n1C. The summed E-state index contributed by atoms with van der Waals surface area (Å²) in [5.74, 6) is 0.818. The number of likely N-dealkylation sites (N-methyl/N-ethyl adjacent to an activating group) is 1. The average molecular weight is 397 g/mol. The van der Waals surface area contributed by atoms with Crippen molar-refractivity contribution in [2.45, 2.75) is 13.3 Å². The van der Waals surface area contributed by atoms with Crippen LogP contribution in [-0.4, -0.2) is 49.8 Å². The second kappa shape index (κ2) is 9.38. The van der Waals surface area contributed by atoms with E-state index >= 15 is 0 Å². The molecule has 0 saturated heterocycles. The molecule has 0 radical (unpaired) electrons. The third kappa shape index (κ3) is 5.03. The Morgan fingerprint density at radius 1 is 1.07 bits per heavy atom. The predicted molar refractivity (Wildman–Crippen MR) is 112 cm³/mol. The molecule has 3 aromatic rings. The van der Waals surface area contributed by atoms with Gasteiger partial charge in [-0.05, 0) is 30.8 Å². The summed E-state index contributed by atoms with van der Waals surface area (Å²) in [4.78, 5) is 30.2. The molecule has 8 nitrogen and oxygen atoms in total. The van der Waals surface area contributed by atoms with Gasteiger partial charge in [0.25, 0.3) is 5.56 Å². The molecule has 0 spiro atoms. The number of imidazole rings is 1. The van der Waals surface area contributed by atoms with Gasteiger partial charge in [0, 0.05) is 63.4 Å². The van der Waals surface area contributed by atoms with Crippen LogP contribution in [0.3, 0.4) is 0 Å². The van der Waals surface area contributed by atoms with E-state index in [-0.39, 0.29) is 11.2 Å². The van der Waals surface area contributed by atoms with Crippen LogP contribution in [0.25, 0.3) is 5.69 Å². The maximum atomic E-state index is 12.0. The highest BCUT2D eigenvalue weighted by Crippen LogP contribution is 2.15. The van der Waals surface area contributed by atoms with Crippen molar-refractivity contribution >= 4 is 0 Å². The van der Waals surface area contributed by atoms with Gasteiger partial charge in [-0.25, -0.2) is 9.78 Å². The van der Waals surface area contributed by atoms with Crippen molar-refractivity contribution in [2.24, 2.45) is 14.1 Å². The highest BCUT2D eigenvalue weighted by Gasteiger charge is 2.09. The van der Waals surface area contributed by atoms with Gasteiger partial charge in [-0.3, -0.25) is 14.3 Å². The van der Waals surface area contributed by atoms with Gasteiger partial charge >= 0.3 is 5.69 Å². The molecule has 0 amide bonds. The molecule has 0 atom stereocenters. The lowest BCUT2D eigenvalue weighted by molar-refractivity contribution is 0.216. The van der Waals surface area contributed by atoms with Gasteiger partial charge in [0.05, 0.1) is 6.33 Å². The second-order valence-corrected chi connectivity index (χ2v) is 6.87. The lowest BCUT2D eigenvalue weighted by Crippen LogP contribution is -2.39. The van der Waals surface area contributed by atoms with Crippen LogP contribution in [0.1, 0.15) is 12.6 Å². The Kier molecular flexibility index (Phi) is 6.66. The molecule has 154 valence electrons. The molecule has 0 fully saturated rings. The van der Waals surface area contributed by atoms with Crippen molar-refractivity contribution < 1.29 is 4.74 Å². The van der Waals surface area contributed by atoms with Gasteiger partial charge in [0.15, 0.2) is 0 Å². The maximum Gasteiger partial charge on any atom is 0.330 e. The Morgan fingerprint density at radius 3 is 2.48 bits per heavy atom. The van der Waals surface area contributed by atoms with Crippen LogP contribution in [-0.2, 0) is 20.5 Å². The molecule has 2 aromatic heterocycles. The zero-order valence-electron chi connectivity index (χ0n) is 17.1. The van der Waals surface area contributed by atoms with Gasteiger partial charge in [-0.2, -0.15) is 0 Å². The Labute approximate surface area is 169 Å². The van der Waals surface area contributed by atoms with E-state index in [9.17, 15) is 9.59 Å². The summed E-state index contributed by atoms with van der Waals surface area (Å²) in [5.41, 5.74) is 1.21. The van der Waals surface area contributed by atoms with Crippen LogP contribution in [0, 0.1) is 0 Å². The van der Waals surface area contributed by atoms with Crippen LogP contribution in [0.2, 0.25) is 0 Å². The number of hydrogen-bond acceptors (Lipinski definition) is 5. The molecule has 0 N–H and O–H groups in total. The van der Waals surface area contributed by atoms with E-state index < -0.39 is 0 Å². The molecule has 2 heterocycles. The third-order valence-corrected chi connectivity index (χ3v) is 5.07. The summed E-state index contributed by atoms with van der Waals surface area (Å²) in [6.45, 7) is 5.02.